The van der Waals surface area contributed by atoms with Crippen molar-refractivity contribution in [3.05, 3.63) is 90.0 Å². The second kappa shape index (κ2) is 10.7. The summed E-state index contributed by atoms with van der Waals surface area (Å²) in [7, 11) is 0. The Morgan fingerprint density at radius 3 is 2.18 bits per heavy atom. The van der Waals surface area contributed by atoms with Crippen molar-refractivity contribution >= 4 is 10.8 Å². The molecule has 0 aliphatic rings. The fraction of sp³-hybridized carbons (Fsp3) is 0.241. The van der Waals surface area contributed by atoms with Crippen molar-refractivity contribution in [3.63, 3.8) is 0 Å². The summed E-state index contributed by atoms with van der Waals surface area (Å²) < 4.78 is 59.3. The number of halogens is 4. The van der Waals surface area contributed by atoms with Crippen LogP contribution in [0.15, 0.2) is 72.8 Å². The molecule has 0 saturated carbocycles. The zero-order valence-corrected chi connectivity index (χ0v) is 19.0. The molecule has 0 radical (unpaired) electrons. The minimum Gasteiger partial charge on any atom is -0.435 e. The van der Waals surface area contributed by atoms with Crippen LogP contribution in [0.2, 0.25) is 0 Å². The fourth-order valence-corrected chi connectivity index (χ4v) is 4.21. The van der Waals surface area contributed by atoms with Crippen molar-refractivity contribution in [1.29, 1.82) is 0 Å². The standard InChI is InChI=1S/C29H26F4O/c1-2-3-4-5-6-19-7-14-25-21(17-19)11-16-26(28(25)31)22-10-15-24(27(30)18-22)20-8-12-23(13-9-20)34-29(32)33/h7-18,29H,2-6H2,1H3. The van der Waals surface area contributed by atoms with Gasteiger partial charge in [0.15, 0.2) is 0 Å². The van der Waals surface area contributed by atoms with Crippen molar-refractivity contribution in [2.45, 2.75) is 45.6 Å². The largest absolute Gasteiger partial charge is 0.435 e. The van der Waals surface area contributed by atoms with E-state index in [2.05, 4.69) is 11.7 Å². The third kappa shape index (κ3) is 5.41. The molecule has 4 aromatic carbocycles. The van der Waals surface area contributed by atoms with Gasteiger partial charge in [-0.15, -0.1) is 0 Å². The normalized spacial score (nSPS) is 11.4. The molecule has 0 unspecified atom stereocenters. The van der Waals surface area contributed by atoms with Gasteiger partial charge in [0, 0.05) is 16.5 Å². The van der Waals surface area contributed by atoms with Crippen LogP contribution in [0.1, 0.15) is 38.2 Å². The summed E-state index contributed by atoms with van der Waals surface area (Å²) >= 11 is 0. The highest BCUT2D eigenvalue weighted by molar-refractivity contribution is 5.89. The number of hydrogen-bond donors (Lipinski definition) is 0. The van der Waals surface area contributed by atoms with Gasteiger partial charge in [0.25, 0.3) is 0 Å². The molecular weight excluding hydrogens is 440 g/mol. The molecule has 176 valence electrons. The quantitative estimate of drug-likeness (QED) is 0.176. The smallest absolute Gasteiger partial charge is 0.387 e. The molecule has 0 aromatic heterocycles. The molecule has 0 aliphatic heterocycles. The first kappa shape index (κ1) is 23.8. The fourth-order valence-electron chi connectivity index (χ4n) is 4.21. The molecule has 0 heterocycles. The Labute approximate surface area is 197 Å². The molecule has 0 atom stereocenters. The Bertz CT molecular complexity index is 1270. The van der Waals surface area contributed by atoms with Crippen LogP contribution < -0.4 is 4.74 Å². The van der Waals surface area contributed by atoms with Crippen molar-refractivity contribution < 1.29 is 22.3 Å². The third-order valence-electron chi connectivity index (χ3n) is 6.01. The summed E-state index contributed by atoms with van der Waals surface area (Å²) in [5.41, 5.74) is 2.75. The molecule has 5 heteroatoms. The predicted octanol–water partition coefficient (Wildman–Crippen LogP) is 9.18. The molecular formula is C29H26F4O. The van der Waals surface area contributed by atoms with Gasteiger partial charge >= 0.3 is 6.61 Å². The lowest BCUT2D eigenvalue weighted by atomic mass is 9.96. The van der Waals surface area contributed by atoms with Gasteiger partial charge in [-0.3, -0.25) is 0 Å². The first-order valence-electron chi connectivity index (χ1n) is 11.5. The number of unbranched alkanes of at least 4 members (excludes halogenated alkanes) is 3. The van der Waals surface area contributed by atoms with Crippen molar-refractivity contribution in [2.75, 3.05) is 0 Å². The number of ether oxygens (including phenoxy) is 1. The average molecular weight is 467 g/mol. The first-order valence-corrected chi connectivity index (χ1v) is 11.5. The Morgan fingerprint density at radius 2 is 1.47 bits per heavy atom. The molecule has 34 heavy (non-hydrogen) atoms. The molecule has 0 amide bonds. The van der Waals surface area contributed by atoms with E-state index in [1.807, 2.05) is 18.2 Å². The molecule has 0 spiro atoms. The number of hydrogen-bond acceptors (Lipinski definition) is 1. The zero-order chi connectivity index (χ0) is 24.1. The van der Waals surface area contributed by atoms with E-state index < -0.39 is 12.4 Å². The number of alkyl halides is 2. The first-order chi connectivity index (χ1) is 16.5. The van der Waals surface area contributed by atoms with Crippen LogP contribution in [0, 0.1) is 11.6 Å². The van der Waals surface area contributed by atoms with E-state index in [1.54, 1.807) is 24.3 Å². The Balaban J connectivity index is 1.57. The van der Waals surface area contributed by atoms with Gasteiger partial charge in [-0.25, -0.2) is 8.78 Å². The van der Waals surface area contributed by atoms with E-state index in [0.29, 0.717) is 27.6 Å². The van der Waals surface area contributed by atoms with E-state index in [9.17, 15) is 13.2 Å². The van der Waals surface area contributed by atoms with Crippen LogP contribution in [0.5, 0.6) is 5.75 Å². The van der Waals surface area contributed by atoms with E-state index in [-0.39, 0.29) is 11.6 Å². The number of aryl methyl sites for hydroxylation is 1. The Kier molecular flexibility index (Phi) is 7.51. The maximum atomic E-state index is 15.3. The zero-order valence-electron chi connectivity index (χ0n) is 19.0. The number of fused-ring (bicyclic) bond motifs is 1. The molecule has 4 aromatic rings. The highest BCUT2D eigenvalue weighted by Gasteiger charge is 2.13. The SMILES string of the molecule is CCCCCCc1ccc2c(F)c(-c3ccc(-c4ccc(OC(F)F)cc4)c(F)c3)ccc2c1. The highest BCUT2D eigenvalue weighted by Crippen LogP contribution is 2.33. The Hall–Kier alpha value is -3.34. The molecule has 0 saturated heterocycles. The van der Waals surface area contributed by atoms with Gasteiger partial charge in [0.1, 0.15) is 17.4 Å². The second-order valence-corrected chi connectivity index (χ2v) is 8.39. The highest BCUT2D eigenvalue weighted by atomic mass is 19.3. The summed E-state index contributed by atoms with van der Waals surface area (Å²) in [6.07, 6.45) is 5.70. The van der Waals surface area contributed by atoms with Gasteiger partial charge in [-0.1, -0.05) is 80.8 Å². The second-order valence-electron chi connectivity index (χ2n) is 8.39. The van der Waals surface area contributed by atoms with E-state index in [4.69, 9.17) is 0 Å². The van der Waals surface area contributed by atoms with E-state index in [1.165, 1.54) is 55.2 Å². The van der Waals surface area contributed by atoms with Crippen LogP contribution in [0.25, 0.3) is 33.0 Å². The Morgan fingerprint density at radius 1 is 0.735 bits per heavy atom. The molecule has 4 rings (SSSR count). The van der Waals surface area contributed by atoms with Crippen LogP contribution in [0.3, 0.4) is 0 Å². The minimum atomic E-state index is -2.92. The van der Waals surface area contributed by atoms with Gasteiger partial charge < -0.3 is 4.74 Å². The maximum absolute atomic E-state index is 15.3. The van der Waals surface area contributed by atoms with Crippen molar-refractivity contribution in [3.8, 4) is 28.0 Å². The number of rotatable bonds is 9. The van der Waals surface area contributed by atoms with Crippen LogP contribution >= 0.6 is 0 Å². The lowest BCUT2D eigenvalue weighted by Crippen LogP contribution is -2.01. The van der Waals surface area contributed by atoms with Gasteiger partial charge in [-0.2, -0.15) is 8.78 Å². The average Bonchev–Trinajstić information content (AvgIpc) is 2.82. The molecule has 0 bridgehead atoms. The van der Waals surface area contributed by atoms with Gasteiger partial charge in [0.2, 0.25) is 0 Å². The summed E-state index contributed by atoms with van der Waals surface area (Å²) in [6.45, 7) is -0.738. The third-order valence-corrected chi connectivity index (χ3v) is 6.01. The summed E-state index contributed by atoms with van der Waals surface area (Å²) in [4.78, 5) is 0. The van der Waals surface area contributed by atoms with Crippen LogP contribution in [-0.4, -0.2) is 6.61 Å². The molecule has 0 aliphatic carbocycles. The van der Waals surface area contributed by atoms with E-state index >= 15 is 4.39 Å². The minimum absolute atomic E-state index is 0.00173. The number of benzene rings is 4. The van der Waals surface area contributed by atoms with Gasteiger partial charge in [0.05, 0.1) is 0 Å². The maximum Gasteiger partial charge on any atom is 0.387 e. The summed E-state index contributed by atoms with van der Waals surface area (Å²) in [5.74, 6) is -0.907. The van der Waals surface area contributed by atoms with Crippen molar-refractivity contribution in [1.82, 2.24) is 0 Å². The van der Waals surface area contributed by atoms with Crippen LogP contribution in [0.4, 0.5) is 17.6 Å². The summed E-state index contributed by atoms with van der Waals surface area (Å²) in [5, 5.41) is 1.34. The van der Waals surface area contributed by atoms with E-state index in [0.717, 1.165) is 18.2 Å². The molecule has 0 fully saturated rings. The van der Waals surface area contributed by atoms with Crippen molar-refractivity contribution in [2.24, 2.45) is 0 Å². The van der Waals surface area contributed by atoms with Crippen LogP contribution in [-0.2, 0) is 6.42 Å². The predicted molar refractivity (Wildman–Crippen MR) is 129 cm³/mol. The monoisotopic (exact) mass is 466 g/mol. The molecule has 1 nitrogen and oxygen atoms in total. The topological polar surface area (TPSA) is 9.23 Å². The summed E-state index contributed by atoms with van der Waals surface area (Å²) in [6, 6.07) is 19.6. The van der Waals surface area contributed by atoms with Gasteiger partial charge in [-0.05, 0) is 53.1 Å². The lowest BCUT2D eigenvalue weighted by molar-refractivity contribution is -0.0498. The molecule has 0 N–H and O–H groups in total. The lowest BCUT2D eigenvalue weighted by Gasteiger charge is -2.11.